The van der Waals surface area contributed by atoms with Crippen LogP contribution in [0.3, 0.4) is 0 Å². The highest BCUT2D eigenvalue weighted by Crippen LogP contribution is 2.31. The van der Waals surface area contributed by atoms with Gasteiger partial charge in [0.25, 0.3) is 5.91 Å². The van der Waals surface area contributed by atoms with E-state index in [0.717, 1.165) is 27.8 Å². The number of aromatic nitrogens is 1. The molecule has 1 aromatic carbocycles. The third-order valence-corrected chi connectivity index (χ3v) is 7.21. The van der Waals surface area contributed by atoms with Crippen LogP contribution in [0.4, 0.5) is 10.8 Å². The lowest BCUT2D eigenvalue weighted by molar-refractivity contribution is -0.115. The van der Waals surface area contributed by atoms with Crippen LogP contribution in [0, 0.1) is 19.8 Å². The number of hydrogen-bond acceptors (Lipinski definition) is 7. The van der Waals surface area contributed by atoms with Gasteiger partial charge in [-0.25, -0.2) is 9.98 Å². The molecule has 3 heterocycles. The number of nitrogens with zero attached hydrogens (tertiary/aromatic N) is 3. The number of thioether (sulfide) groups is 1. The van der Waals surface area contributed by atoms with Crippen LogP contribution >= 0.6 is 23.1 Å². The van der Waals surface area contributed by atoms with Gasteiger partial charge in [0, 0.05) is 12.7 Å². The Morgan fingerprint density at radius 1 is 1.33 bits per heavy atom. The van der Waals surface area contributed by atoms with Gasteiger partial charge >= 0.3 is 0 Å². The smallest absolute Gasteiger partial charge is 0.264 e. The van der Waals surface area contributed by atoms with Gasteiger partial charge in [-0.1, -0.05) is 29.0 Å². The maximum absolute atomic E-state index is 12.4. The Morgan fingerprint density at radius 3 is 2.90 bits per heavy atom. The number of carbonyl (C=O) groups excluding carboxylic acids is 1. The molecule has 0 aliphatic carbocycles. The van der Waals surface area contributed by atoms with Crippen molar-refractivity contribution in [2.75, 3.05) is 32.0 Å². The largest absolute Gasteiger partial charge is 0.361 e. The molecule has 8 heteroatoms. The summed E-state index contributed by atoms with van der Waals surface area (Å²) in [5.41, 5.74) is 3.17. The molecule has 0 radical (unpaired) electrons. The number of piperidine rings is 1. The summed E-state index contributed by atoms with van der Waals surface area (Å²) in [4.78, 5) is 25.4. The molecule has 2 saturated heterocycles. The van der Waals surface area contributed by atoms with Crippen LogP contribution in [0.2, 0.25) is 0 Å². The number of anilines is 1. The minimum Gasteiger partial charge on any atom is -0.361 e. The number of nitrogens with one attached hydrogen (secondary N) is 2. The van der Waals surface area contributed by atoms with Gasteiger partial charge in [0.05, 0.1) is 15.5 Å². The predicted octanol–water partition coefficient (Wildman–Crippen LogP) is 4.41. The first-order chi connectivity index (χ1) is 14.5. The van der Waals surface area contributed by atoms with Crippen molar-refractivity contribution >= 4 is 51.1 Å². The SMILES string of the molecule is Cc1ccc(/N=C2/NC(=O)/C(=C/c3cnc(NCC4CCN(C)CC4)s3)S2)c(C)c1. The third kappa shape index (κ3) is 5.30. The van der Waals surface area contributed by atoms with Crippen LogP contribution in [-0.4, -0.2) is 47.6 Å². The zero-order valence-corrected chi connectivity index (χ0v) is 19.2. The minimum atomic E-state index is -0.113. The zero-order chi connectivity index (χ0) is 21.1. The first kappa shape index (κ1) is 21.1. The lowest BCUT2D eigenvalue weighted by Crippen LogP contribution is -2.32. The first-order valence-corrected chi connectivity index (χ1v) is 11.8. The highest BCUT2D eigenvalue weighted by molar-refractivity contribution is 8.18. The maximum atomic E-state index is 12.4. The summed E-state index contributed by atoms with van der Waals surface area (Å²) in [6, 6.07) is 6.11. The van der Waals surface area contributed by atoms with Crippen molar-refractivity contribution in [3.8, 4) is 0 Å². The molecule has 6 nitrogen and oxygen atoms in total. The number of aliphatic imine (C=N–C) groups is 1. The summed E-state index contributed by atoms with van der Waals surface area (Å²) in [5, 5.41) is 7.85. The standard InChI is InChI=1S/C22H27N5OS2/c1-14-4-5-18(15(2)10-14)25-22-26-20(28)19(30-22)11-17-13-24-21(29-17)23-12-16-6-8-27(3)9-7-16/h4-5,10-11,13,16H,6-9,12H2,1-3H3,(H,23,24)(H,25,26,28)/b19-11-. The van der Waals surface area contributed by atoms with Crippen LogP contribution in [0.1, 0.15) is 28.8 Å². The molecule has 1 amide bonds. The molecule has 0 unspecified atom stereocenters. The molecule has 30 heavy (non-hydrogen) atoms. The quantitative estimate of drug-likeness (QED) is 0.673. The summed E-state index contributed by atoms with van der Waals surface area (Å²) in [7, 11) is 2.18. The Labute approximate surface area is 185 Å². The minimum absolute atomic E-state index is 0.113. The second-order valence-electron chi connectivity index (χ2n) is 7.97. The average Bonchev–Trinajstić information content (AvgIpc) is 3.30. The van der Waals surface area contributed by atoms with E-state index in [1.165, 1.54) is 43.3 Å². The van der Waals surface area contributed by atoms with Crippen LogP contribution in [0.5, 0.6) is 0 Å². The van der Waals surface area contributed by atoms with Crippen molar-refractivity contribution in [3.05, 3.63) is 45.3 Å². The van der Waals surface area contributed by atoms with E-state index in [4.69, 9.17) is 0 Å². The van der Waals surface area contributed by atoms with Gasteiger partial charge in [-0.2, -0.15) is 0 Å². The highest BCUT2D eigenvalue weighted by Gasteiger charge is 2.24. The van der Waals surface area contributed by atoms with Crippen LogP contribution in [0.25, 0.3) is 6.08 Å². The van der Waals surface area contributed by atoms with E-state index < -0.39 is 0 Å². The average molecular weight is 442 g/mol. The van der Waals surface area contributed by atoms with E-state index in [0.29, 0.717) is 16.0 Å². The molecule has 2 fully saturated rings. The normalized spacial score (nSPS) is 20.8. The van der Waals surface area contributed by atoms with E-state index in [2.05, 4.69) is 45.5 Å². The van der Waals surface area contributed by atoms with Gasteiger partial charge in [-0.05, 0) is 82.2 Å². The Hall–Kier alpha value is -2.16. The Morgan fingerprint density at radius 2 is 2.13 bits per heavy atom. The number of likely N-dealkylation sites (tertiary alicyclic amines) is 1. The molecule has 0 saturated carbocycles. The second-order valence-corrected chi connectivity index (χ2v) is 10.1. The van der Waals surface area contributed by atoms with Gasteiger partial charge in [0.15, 0.2) is 10.3 Å². The molecule has 4 rings (SSSR count). The first-order valence-electron chi connectivity index (χ1n) is 10.2. The fourth-order valence-corrected chi connectivity index (χ4v) is 5.25. The zero-order valence-electron chi connectivity index (χ0n) is 17.6. The summed E-state index contributed by atoms with van der Waals surface area (Å²) >= 11 is 2.95. The van der Waals surface area contributed by atoms with Crippen molar-refractivity contribution in [1.82, 2.24) is 15.2 Å². The molecule has 0 spiro atoms. The Bertz CT molecular complexity index is 989. The van der Waals surface area contributed by atoms with Crippen LogP contribution < -0.4 is 10.6 Å². The summed E-state index contributed by atoms with van der Waals surface area (Å²) in [6.07, 6.45) is 6.17. The molecule has 0 atom stereocenters. The van der Waals surface area contributed by atoms with E-state index >= 15 is 0 Å². The lowest BCUT2D eigenvalue weighted by atomic mass is 9.97. The van der Waals surface area contributed by atoms with Crippen LogP contribution in [0.15, 0.2) is 34.3 Å². The fourth-order valence-electron chi connectivity index (χ4n) is 3.58. The number of amides is 1. The molecule has 2 N–H and O–H groups in total. The molecular formula is C22H27N5OS2. The van der Waals surface area contributed by atoms with Crippen LogP contribution in [-0.2, 0) is 4.79 Å². The number of rotatable bonds is 5. The van der Waals surface area contributed by atoms with E-state index in [-0.39, 0.29) is 5.91 Å². The number of aryl methyl sites for hydroxylation is 2. The highest BCUT2D eigenvalue weighted by atomic mass is 32.2. The number of hydrogen-bond donors (Lipinski definition) is 2. The second kappa shape index (κ2) is 9.32. The third-order valence-electron chi connectivity index (χ3n) is 5.40. The van der Waals surface area contributed by atoms with Crippen molar-refractivity contribution in [1.29, 1.82) is 0 Å². The fraction of sp³-hybridized carbons (Fsp3) is 0.409. The van der Waals surface area contributed by atoms with Crippen molar-refractivity contribution in [2.45, 2.75) is 26.7 Å². The van der Waals surface area contributed by atoms with Crippen molar-refractivity contribution < 1.29 is 4.79 Å². The molecular weight excluding hydrogens is 414 g/mol. The van der Waals surface area contributed by atoms with E-state index in [1.54, 1.807) is 11.3 Å². The maximum Gasteiger partial charge on any atom is 0.264 e. The Balaban J connectivity index is 1.38. The topological polar surface area (TPSA) is 69.6 Å². The molecule has 2 aromatic rings. The molecule has 158 valence electrons. The number of carbonyl (C=O) groups is 1. The van der Waals surface area contributed by atoms with Gasteiger partial charge < -0.3 is 15.5 Å². The van der Waals surface area contributed by atoms with Gasteiger partial charge in [0.1, 0.15) is 0 Å². The molecule has 2 aliphatic rings. The predicted molar refractivity (Wildman–Crippen MR) is 128 cm³/mol. The number of amidine groups is 1. The molecule has 2 aliphatic heterocycles. The lowest BCUT2D eigenvalue weighted by Gasteiger charge is -2.28. The Kier molecular flexibility index (Phi) is 6.55. The van der Waals surface area contributed by atoms with E-state index in [1.807, 2.05) is 31.3 Å². The molecule has 0 bridgehead atoms. The van der Waals surface area contributed by atoms with Gasteiger partial charge in [0.2, 0.25) is 0 Å². The van der Waals surface area contributed by atoms with E-state index in [9.17, 15) is 4.79 Å². The van der Waals surface area contributed by atoms with Crippen molar-refractivity contribution in [3.63, 3.8) is 0 Å². The number of thiazole rings is 1. The monoisotopic (exact) mass is 441 g/mol. The summed E-state index contributed by atoms with van der Waals surface area (Å²) in [6.45, 7) is 7.38. The van der Waals surface area contributed by atoms with Gasteiger partial charge in [-0.3, -0.25) is 4.79 Å². The molecule has 1 aromatic heterocycles. The number of benzene rings is 1. The summed E-state index contributed by atoms with van der Waals surface area (Å²) < 4.78 is 0. The summed E-state index contributed by atoms with van der Waals surface area (Å²) in [5.74, 6) is 0.588. The van der Waals surface area contributed by atoms with Gasteiger partial charge in [-0.15, -0.1) is 0 Å². The van der Waals surface area contributed by atoms with Crippen molar-refractivity contribution in [2.24, 2.45) is 10.9 Å².